The van der Waals surface area contributed by atoms with E-state index in [-0.39, 0.29) is 11.7 Å². The second-order valence-electron chi connectivity index (χ2n) is 4.48. The van der Waals surface area contributed by atoms with E-state index >= 15 is 0 Å². The van der Waals surface area contributed by atoms with Crippen molar-refractivity contribution in [1.82, 2.24) is 0 Å². The van der Waals surface area contributed by atoms with E-state index in [1.807, 2.05) is 19.2 Å². The Balaban J connectivity index is 2.30. The first kappa shape index (κ1) is 15.4. The molecule has 1 amide bonds. The predicted molar refractivity (Wildman–Crippen MR) is 83.9 cm³/mol. The number of anilines is 1. The largest absolute Gasteiger partial charge is 0.496 e. The SMILES string of the molecule is COc1cc(SC)ccc1C(=O)Nc1cc(F)ccc1C. The summed E-state index contributed by atoms with van der Waals surface area (Å²) in [5.41, 5.74) is 1.67. The summed E-state index contributed by atoms with van der Waals surface area (Å²) in [5, 5.41) is 2.71. The highest BCUT2D eigenvalue weighted by Gasteiger charge is 2.14. The summed E-state index contributed by atoms with van der Waals surface area (Å²) >= 11 is 1.57. The molecule has 0 saturated carbocycles. The monoisotopic (exact) mass is 305 g/mol. The zero-order chi connectivity index (χ0) is 15.4. The van der Waals surface area contributed by atoms with Crippen LogP contribution in [0.5, 0.6) is 5.75 Å². The molecule has 0 heterocycles. The third kappa shape index (κ3) is 3.55. The Kier molecular flexibility index (Phi) is 4.85. The Morgan fingerprint density at radius 1 is 1.24 bits per heavy atom. The first-order valence-electron chi connectivity index (χ1n) is 6.34. The molecule has 1 N–H and O–H groups in total. The molecular weight excluding hydrogens is 289 g/mol. The molecule has 0 spiro atoms. The smallest absolute Gasteiger partial charge is 0.259 e. The van der Waals surface area contributed by atoms with Crippen LogP contribution in [-0.2, 0) is 0 Å². The highest BCUT2D eigenvalue weighted by molar-refractivity contribution is 7.98. The van der Waals surface area contributed by atoms with Crippen LogP contribution >= 0.6 is 11.8 Å². The van der Waals surface area contributed by atoms with Crippen LogP contribution in [0.3, 0.4) is 0 Å². The van der Waals surface area contributed by atoms with Gasteiger partial charge < -0.3 is 10.1 Å². The Hall–Kier alpha value is -2.01. The molecule has 0 aromatic heterocycles. The van der Waals surface area contributed by atoms with Crippen LogP contribution in [0.4, 0.5) is 10.1 Å². The summed E-state index contributed by atoms with van der Waals surface area (Å²) in [6.45, 7) is 1.81. The average molecular weight is 305 g/mol. The van der Waals surface area contributed by atoms with Gasteiger partial charge in [-0.2, -0.15) is 0 Å². The van der Waals surface area contributed by atoms with Gasteiger partial charge in [0, 0.05) is 10.6 Å². The van der Waals surface area contributed by atoms with Gasteiger partial charge in [-0.25, -0.2) is 4.39 Å². The lowest BCUT2D eigenvalue weighted by Gasteiger charge is -2.12. The van der Waals surface area contributed by atoms with Gasteiger partial charge in [-0.3, -0.25) is 4.79 Å². The zero-order valence-corrected chi connectivity index (χ0v) is 12.9. The van der Waals surface area contributed by atoms with Crippen LogP contribution in [0.2, 0.25) is 0 Å². The van der Waals surface area contributed by atoms with Crippen molar-refractivity contribution >= 4 is 23.4 Å². The van der Waals surface area contributed by atoms with Gasteiger partial charge in [0.2, 0.25) is 0 Å². The van der Waals surface area contributed by atoms with E-state index in [0.29, 0.717) is 17.0 Å². The molecule has 0 aliphatic heterocycles. The summed E-state index contributed by atoms with van der Waals surface area (Å²) in [6.07, 6.45) is 1.95. The van der Waals surface area contributed by atoms with Crippen molar-refractivity contribution < 1.29 is 13.9 Å². The van der Waals surface area contributed by atoms with Gasteiger partial charge in [-0.1, -0.05) is 6.07 Å². The number of hydrogen-bond donors (Lipinski definition) is 1. The third-order valence-corrected chi connectivity index (χ3v) is 3.83. The molecule has 0 fully saturated rings. The maximum Gasteiger partial charge on any atom is 0.259 e. The minimum atomic E-state index is -0.388. The Labute approximate surface area is 127 Å². The lowest BCUT2D eigenvalue weighted by Crippen LogP contribution is -2.14. The minimum Gasteiger partial charge on any atom is -0.496 e. The number of halogens is 1. The van der Waals surface area contributed by atoms with Crippen LogP contribution in [0.1, 0.15) is 15.9 Å². The van der Waals surface area contributed by atoms with Crippen molar-refractivity contribution in [3.8, 4) is 5.75 Å². The first-order chi connectivity index (χ1) is 10.0. The maximum absolute atomic E-state index is 13.3. The molecular formula is C16H16FNO2S. The van der Waals surface area contributed by atoms with E-state index in [2.05, 4.69) is 5.32 Å². The topological polar surface area (TPSA) is 38.3 Å². The van der Waals surface area contributed by atoms with Crippen molar-refractivity contribution in [1.29, 1.82) is 0 Å². The third-order valence-electron chi connectivity index (χ3n) is 3.10. The average Bonchev–Trinajstić information content (AvgIpc) is 2.50. The highest BCUT2D eigenvalue weighted by Crippen LogP contribution is 2.26. The second-order valence-corrected chi connectivity index (χ2v) is 5.36. The fraction of sp³-hybridized carbons (Fsp3) is 0.188. The van der Waals surface area contributed by atoms with E-state index < -0.39 is 0 Å². The number of ether oxygens (including phenoxy) is 1. The fourth-order valence-corrected chi connectivity index (χ4v) is 2.33. The van der Waals surface area contributed by atoms with Gasteiger partial charge in [0.25, 0.3) is 5.91 Å². The Morgan fingerprint density at radius 2 is 2.00 bits per heavy atom. The van der Waals surface area contributed by atoms with Gasteiger partial charge in [0.15, 0.2) is 0 Å². The molecule has 3 nitrogen and oxygen atoms in total. The van der Waals surface area contributed by atoms with Gasteiger partial charge in [0.05, 0.1) is 12.7 Å². The molecule has 5 heteroatoms. The molecule has 2 rings (SSSR count). The van der Waals surface area contributed by atoms with Crippen LogP contribution in [0.15, 0.2) is 41.3 Å². The lowest BCUT2D eigenvalue weighted by atomic mass is 10.1. The van der Waals surface area contributed by atoms with E-state index in [1.165, 1.54) is 19.2 Å². The number of carbonyl (C=O) groups is 1. The number of carbonyl (C=O) groups excluding carboxylic acids is 1. The molecule has 0 aliphatic rings. The quantitative estimate of drug-likeness (QED) is 0.864. The van der Waals surface area contributed by atoms with Crippen LogP contribution in [0.25, 0.3) is 0 Å². The molecule has 2 aromatic rings. The number of rotatable bonds is 4. The summed E-state index contributed by atoms with van der Waals surface area (Å²) in [7, 11) is 1.52. The van der Waals surface area contributed by atoms with Crippen LogP contribution in [0, 0.1) is 12.7 Å². The number of thioether (sulfide) groups is 1. The summed E-state index contributed by atoms with van der Waals surface area (Å²) in [5.74, 6) is -0.220. The lowest BCUT2D eigenvalue weighted by molar-refractivity contribution is 0.102. The van der Waals surface area contributed by atoms with Crippen LogP contribution in [-0.4, -0.2) is 19.3 Å². The Bertz CT molecular complexity index is 673. The van der Waals surface area contributed by atoms with Crippen molar-refractivity contribution in [2.24, 2.45) is 0 Å². The number of methoxy groups -OCH3 is 1. The standard InChI is InChI=1S/C16H16FNO2S/c1-10-4-5-11(17)8-14(10)18-16(19)13-7-6-12(21-3)9-15(13)20-2/h4-9H,1-3H3,(H,18,19). The number of aryl methyl sites for hydroxylation is 1. The van der Waals surface area contributed by atoms with Gasteiger partial charge in [-0.15, -0.1) is 11.8 Å². The predicted octanol–water partition coefficient (Wildman–Crippen LogP) is 4.12. The number of amides is 1. The number of benzene rings is 2. The second kappa shape index (κ2) is 6.63. The number of hydrogen-bond acceptors (Lipinski definition) is 3. The van der Waals surface area contributed by atoms with Crippen molar-refractivity contribution in [2.75, 3.05) is 18.7 Å². The fourth-order valence-electron chi connectivity index (χ4n) is 1.90. The van der Waals surface area contributed by atoms with Crippen molar-refractivity contribution in [3.05, 3.63) is 53.3 Å². The van der Waals surface area contributed by atoms with Gasteiger partial charge >= 0.3 is 0 Å². The molecule has 0 saturated heterocycles. The Morgan fingerprint density at radius 3 is 2.67 bits per heavy atom. The highest BCUT2D eigenvalue weighted by atomic mass is 32.2. The molecule has 21 heavy (non-hydrogen) atoms. The zero-order valence-electron chi connectivity index (χ0n) is 12.1. The molecule has 0 unspecified atom stereocenters. The minimum absolute atomic E-state index is 0.326. The summed E-state index contributed by atoms with van der Waals surface area (Å²) in [6, 6.07) is 9.64. The van der Waals surface area contributed by atoms with Crippen molar-refractivity contribution in [3.63, 3.8) is 0 Å². The van der Waals surface area contributed by atoms with Crippen molar-refractivity contribution in [2.45, 2.75) is 11.8 Å². The van der Waals surface area contributed by atoms with E-state index in [1.54, 1.807) is 30.0 Å². The molecule has 2 aromatic carbocycles. The molecule has 110 valence electrons. The molecule has 0 atom stereocenters. The summed E-state index contributed by atoms with van der Waals surface area (Å²) in [4.78, 5) is 13.3. The molecule has 0 bridgehead atoms. The first-order valence-corrected chi connectivity index (χ1v) is 7.57. The normalized spacial score (nSPS) is 10.3. The van der Waals surface area contributed by atoms with Gasteiger partial charge in [0.1, 0.15) is 11.6 Å². The van der Waals surface area contributed by atoms with Crippen LogP contribution < -0.4 is 10.1 Å². The van der Waals surface area contributed by atoms with E-state index in [4.69, 9.17) is 4.74 Å². The maximum atomic E-state index is 13.3. The molecule has 0 aliphatic carbocycles. The van der Waals surface area contributed by atoms with Gasteiger partial charge in [-0.05, 0) is 49.1 Å². The summed E-state index contributed by atoms with van der Waals surface area (Å²) < 4.78 is 18.5. The molecule has 0 radical (unpaired) electrons. The number of nitrogens with one attached hydrogen (secondary N) is 1. The van der Waals surface area contributed by atoms with E-state index in [0.717, 1.165) is 10.5 Å². The van der Waals surface area contributed by atoms with E-state index in [9.17, 15) is 9.18 Å².